The second-order valence-electron chi connectivity index (χ2n) is 7.00. The van der Waals surface area contributed by atoms with Crippen LogP contribution >= 0.6 is 0 Å². The van der Waals surface area contributed by atoms with Crippen LogP contribution in [0.4, 0.5) is 0 Å². The van der Waals surface area contributed by atoms with Gasteiger partial charge in [-0.1, -0.05) is 13.0 Å². The average molecular weight is 370 g/mol. The monoisotopic (exact) mass is 369 g/mol. The lowest BCUT2D eigenvalue weighted by atomic mass is 10.0. The van der Waals surface area contributed by atoms with Crippen molar-refractivity contribution in [1.82, 2.24) is 20.5 Å². The highest BCUT2D eigenvalue weighted by atomic mass is 16.3. The quantitative estimate of drug-likeness (QED) is 0.553. The molecule has 0 aromatic carbocycles. The minimum absolute atomic E-state index is 0.469. The summed E-state index contributed by atoms with van der Waals surface area (Å²) in [5.41, 5.74) is 1.15. The van der Waals surface area contributed by atoms with Crippen LogP contribution < -0.4 is 10.6 Å². The fourth-order valence-corrected chi connectivity index (χ4v) is 3.28. The number of hydrogen-bond acceptors (Lipinski definition) is 4. The molecule has 3 heterocycles. The summed E-state index contributed by atoms with van der Waals surface area (Å²) in [6, 6.07) is 10.5. The van der Waals surface area contributed by atoms with Gasteiger partial charge in [-0.05, 0) is 43.5 Å². The van der Waals surface area contributed by atoms with Crippen LogP contribution in [0.2, 0.25) is 0 Å². The molecule has 0 bridgehead atoms. The van der Waals surface area contributed by atoms with Crippen LogP contribution in [0.1, 0.15) is 37.6 Å². The molecule has 0 spiro atoms. The fraction of sp³-hybridized carbons (Fsp3) is 0.524. The van der Waals surface area contributed by atoms with Crippen LogP contribution in [0.15, 0.2) is 52.2 Å². The molecule has 2 N–H and O–H groups in total. The summed E-state index contributed by atoms with van der Waals surface area (Å²) < 4.78 is 5.40. The summed E-state index contributed by atoms with van der Waals surface area (Å²) in [6.07, 6.45) is 7.75. The highest BCUT2D eigenvalue weighted by molar-refractivity contribution is 5.80. The highest BCUT2D eigenvalue weighted by Gasteiger charge is 2.20. The average Bonchev–Trinajstić information content (AvgIpc) is 3.22. The lowest BCUT2D eigenvalue weighted by molar-refractivity contribution is 0.196. The summed E-state index contributed by atoms with van der Waals surface area (Å²) in [4.78, 5) is 11.6. The molecule has 6 heteroatoms. The maximum absolute atomic E-state index is 5.40. The lowest BCUT2D eigenvalue weighted by Gasteiger charge is -2.33. The number of likely N-dealkylation sites (tertiary alicyclic amines) is 1. The SMILES string of the molecule is CCCN=C(NCCc1ccco1)NC1CCN(Cc2ccccn2)CC1. The molecule has 1 aliphatic heterocycles. The van der Waals surface area contributed by atoms with E-state index in [-0.39, 0.29) is 0 Å². The van der Waals surface area contributed by atoms with Crippen molar-refractivity contribution < 1.29 is 4.42 Å². The third-order valence-corrected chi connectivity index (χ3v) is 4.78. The Bertz CT molecular complexity index is 663. The third-order valence-electron chi connectivity index (χ3n) is 4.78. The maximum atomic E-state index is 5.40. The van der Waals surface area contributed by atoms with Gasteiger partial charge in [0.05, 0.1) is 12.0 Å². The van der Waals surface area contributed by atoms with E-state index in [9.17, 15) is 0 Å². The van der Waals surface area contributed by atoms with E-state index in [0.29, 0.717) is 6.04 Å². The number of aliphatic imine (C=N–C) groups is 1. The smallest absolute Gasteiger partial charge is 0.191 e. The van der Waals surface area contributed by atoms with E-state index >= 15 is 0 Å². The van der Waals surface area contributed by atoms with Crippen LogP contribution in [0.5, 0.6) is 0 Å². The summed E-state index contributed by atoms with van der Waals surface area (Å²) in [7, 11) is 0. The molecule has 0 radical (unpaired) electrons. The van der Waals surface area contributed by atoms with E-state index in [2.05, 4.69) is 44.6 Å². The molecule has 3 rings (SSSR count). The van der Waals surface area contributed by atoms with Crippen molar-refractivity contribution in [3.8, 4) is 0 Å². The van der Waals surface area contributed by atoms with Gasteiger partial charge in [0.25, 0.3) is 0 Å². The maximum Gasteiger partial charge on any atom is 0.191 e. The normalized spacial score (nSPS) is 16.4. The first-order chi connectivity index (χ1) is 13.3. The minimum atomic E-state index is 0.469. The fourth-order valence-electron chi connectivity index (χ4n) is 3.28. The second-order valence-corrected chi connectivity index (χ2v) is 7.00. The molecule has 0 amide bonds. The Morgan fingerprint density at radius 3 is 2.85 bits per heavy atom. The van der Waals surface area contributed by atoms with Gasteiger partial charge in [0.1, 0.15) is 5.76 Å². The zero-order chi connectivity index (χ0) is 18.7. The number of nitrogens with zero attached hydrogens (tertiary/aromatic N) is 3. The van der Waals surface area contributed by atoms with Crippen molar-refractivity contribution in [1.29, 1.82) is 0 Å². The van der Waals surface area contributed by atoms with E-state index in [1.165, 1.54) is 0 Å². The number of rotatable bonds is 8. The summed E-state index contributed by atoms with van der Waals surface area (Å²) in [5, 5.41) is 7.07. The highest BCUT2D eigenvalue weighted by Crippen LogP contribution is 2.13. The van der Waals surface area contributed by atoms with Gasteiger partial charge in [-0.3, -0.25) is 14.9 Å². The number of aromatic nitrogens is 1. The molecule has 0 unspecified atom stereocenters. The topological polar surface area (TPSA) is 65.7 Å². The number of guanidine groups is 1. The van der Waals surface area contributed by atoms with E-state index < -0.39 is 0 Å². The van der Waals surface area contributed by atoms with Gasteiger partial charge < -0.3 is 15.1 Å². The number of furan rings is 1. The molecule has 0 aliphatic carbocycles. The van der Waals surface area contributed by atoms with Crippen molar-refractivity contribution >= 4 is 5.96 Å². The van der Waals surface area contributed by atoms with Crippen molar-refractivity contribution in [2.45, 2.75) is 45.2 Å². The molecule has 6 nitrogen and oxygen atoms in total. The molecule has 1 fully saturated rings. The van der Waals surface area contributed by atoms with Gasteiger partial charge in [0.2, 0.25) is 0 Å². The standard InChI is InChI=1S/C21H31N5O/c1-2-11-23-21(24-13-8-20-7-5-16-27-20)25-18-9-14-26(15-10-18)17-19-6-3-4-12-22-19/h3-7,12,16,18H,2,8-11,13-15,17H2,1H3,(H2,23,24,25). The van der Waals surface area contributed by atoms with Crippen LogP contribution in [0, 0.1) is 0 Å². The molecule has 0 saturated carbocycles. The van der Waals surface area contributed by atoms with Gasteiger partial charge in [-0.25, -0.2) is 0 Å². The molecule has 27 heavy (non-hydrogen) atoms. The van der Waals surface area contributed by atoms with E-state index in [1.54, 1.807) is 6.26 Å². The molecule has 2 aromatic rings. The predicted octanol–water partition coefficient (Wildman–Crippen LogP) is 2.83. The van der Waals surface area contributed by atoms with E-state index in [4.69, 9.17) is 4.42 Å². The molecule has 2 aromatic heterocycles. The van der Waals surface area contributed by atoms with Crippen LogP contribution in [0.3, 0.4) is 0 Å². The number of hydrogen-bond donors (Lipinski definition) is 2. The Balaban J connectivity index is 1.42. The first-order valence-corrected chi connectivity index (χ1v) is 10.0. The summed E-state index contributed by atoms with van der Waals surface area (Å²) in [5.74, 6) is 1.92. The number of nitrogens with one attached hydrogen (secondary N) is 2. The number of pyridine rings is 1. The summed E-state index contributed by atoms with van der Waals surface area (Å²) >= 11 is 0. The zero-order valence-corrected chi connectivity index (χ0v) is 16.2. The molecular weight excluding hydrogens is 338 g/mol. The number of piperidine rings is 1. The second kappa shape index (κ2) is 10.7. The van der Waals surface area contributed by atoms with Gasteiger partial charge in [0.15, 0.2) is 5.96 Å². The minimum Gasteiger partial charge on any atom is -0.469 e. The van der Waals surface area contributed by atoms with E-state index in [0.717, 1.165) is 75.8 Å². The van der Waals surface area contributed by atoms with Crippen LogP contribution in [-0.4, -0.2) is 48.1 Å². The van der Waals surface area contributed by atoms with Crippen molar-refractivity contribution in [2.75, 3.05) is 26.2 Å². The zero-order valence-electron chi connectivity index (χ0n) is 16.2. The molecule has 0 atom stereocenters. The van der Waals surface area contributed by atoms with Crippen LogP contribution in [-0.2, 0) is 13.0 Å². The molecule has 146 valence electrons. The first-order valence-electron chi connectivity index (χ1n) is 10.0. The molecule has 1 aliphatic rings. The predicted molar refractivity (Wildman–Crippen MR) is 109 cm³/mol. The van der Waals surface area contributed by atoms with E-state index in [1.807, 2.05) is 24.4 Å². The Morgan fingerprint density at radius 2 is 2.15 bits per heavy atom. The Hall–Kier alpha value is -2.34. The van der Waals surface area contributed by atoms with Gasteiger partial charge in [-0.2, -0.15) is 0 Å². The largest absolute Gasteiger partial charge is 0.469 e. The third kappa shape index (κ3) is 6.71. The van der Waals surface area contributed by atoms with Crippen molar-refractivity contribution in [3.63, 3.8) is 0 Å². The molecule has 1 saturated heterocycles. The van der Waals surface area contributed by atoms with Gasteiger partial charge in [0, 0.05) is 51.4 Å². The first kappa shape index (κ1) is 19.4. The van der Waals surface area contributed by atoms with Crippen molar-refractivity contribution in [2.24, 2.45) is 4.99 Å². The Labute approximate surface area is 162 Å². The van der Waals surface area contributed by atoms with Crippen LogP contribution in [0.25, 0.3) is 0 Å². The lowest BCUT2D eigenvalue weighted by Crippen LogP contribution is -2.49. The Kier molecular flexibility index (Phi) is 7.71. The Morgan fingerprint density at radius 1 is 1.26 bits per heavy atom. The molecular formula is C21H31N5O. The van der Waals surface area contributed by atoms with Gasteiger partial charge in [-0.15, -0.1) is 0 Å². The van der Waals surface area contributed by atoms with Crippen molar-refractivity contribution in [3.05, 3.63) is 54.2 Å². The summed E-state index contributed by atoms with van der Waals surface area (Å²) in [6.45, 7) is 6.92. The van der Waals surface area contributed by atoms with Gasteiger partial charge >= 0.3 is 0 Å².